The number of hydrogen-bond acceptors (Lipinski definition) is 5. The first-order valence-electron chi connectivity index (χ1n) is 10.8. The van der Waals surface area contributed by atoms with Crippen LogP contribution < -0.4 is 5.32 Å². The number of carbonyl (C=O) groups excluding carboxylic acids is 2. The number of Topliss-reactive ketones (excluding diaryl/α,β-unsaturated/α-hetero) is 1. The van der Waals surface area contributed by atoms with E-state index in [1.807, 2.05) is 55.5 Å². The monoisotopic (exact) mass is 409 g/mol. The SMILES string of the molecule is CC(Cc1ccccc1)NCC(O)C(=O)OC1CCC(C(=O)c2ccccc2)CC1. The van der Waals surface area contributed by atoms with Crippen LogP contribution in [0.4, 0.5) is 0 Å². The summed E-state index contributed by atoms with van der Waals surface area (Å²) in [6, 6.07) is 19.5. The van der Waals surface area contributed by atoms with Crippen molar-refractivity contribution in [2.45, 2.75) is 57.3 Å². The summed E-state index contributed by atoms with van der Waals surface area (Å²) in [5.74, 6) is -0.447. The Morgan fingerprint density at radius 2 is 1.60 bits per heavy atom. The second-order valence-corrected chi connectivity index (χ2v) is 8.16. The Bertz CT molecular complexity index is 800. The molecule has 5 heteroatoms. The first kappa shape index (κ1) is 22.2. The molecule has 0 radical (unpaired) electrons. The van der Waals surface area contributed by atoms with Gasteiger partial charge in [0.2, 0.25) is 0 Å². The van der Waals surface area contributed by atoms with Crippen molar-refractivity contribution in [3.63, 3.8) is 0 Å². The number of aliphatic hydroxyl groups excluding tert-OH is 1. The number of aliphatic hydroxyl groups is 1. The maximum absolute atomic E-state index is 12.6. The van der Waals surface area contributed by atoms with Crippen LogP contribution in [-0.4, -0.2) is 41.7 Å². The van der Waals surface area contributed by atoms with Crippen molar-refractivity contribution in [2.24, 2.45) is 5.92 Å². The number of ketones is 1. The summed E-state index contributed by atoms with van der Waals surface area (Å²) in [4.78, 5) is 24.8. The molecule has 30 heavy (non-hydrogen) atoms. The fraction of sp³-hybridized carbons (Fsp3) is 0.440. The van der Waals surface area contributed by atoms with E-state index in [4.69, 9.17) is 4.74 Å². The predicted octanol–water partition coefficient (Wildman–Crippen LogP) is 3.55. The fourth-order valence-electron chi connectivity index (χ4n) is 3.96. The van der Waals surface area contributed by atoms with Crippen LogP contribution in [0.2, 0.25) is 0 Å². The molecule has 1 aliphatic carbocycles. The minimum absolute atomic E-state index is 0.0206. The highest BCUT2D eigenvalue weighted by molar-refractivity contribution is 5.97. The average molecular weight is 410 g/mol. The zero-order valence-electron chi connectivity index (χ0n) is 17.5. The number of carbonyl (C=O) groups is 2. The topological polar surface area (TPSA) is 75.6 Å². The molecular formula is C25H31NO4. The number of hydrogen-bond donors (Lipinski definition) is 2. The van der Waals surface area contributed by atoms with Gasteiger partial charge < -0.3 is 15.2 Å². The fourth-order valence-corrected chi connectivity index (χ4v) is 3.96. The molecular weight excluding hydrogens is 378 g/mol. The van der Waals surface area contributed by atoms with Gasteiger partial charge in [-0.2, -0.15) is 0 Å². The quantitative estimate of drug-likeness (QED) is 0.489. The maximum Gasteiger partial charge on any atom is 0.336 e. The van der Waals surface area contributed by atoms with Gasteiger partial charge in [0.15, 0.2) is 11.9 Å². The molecule has 1 saturated carbocycles. The lowest BCUT2D eigenvalue weighted by Gasteiger charge is -2.28. The van der Waals surface area contributed by atoms with Gasteiger partial charge >= 0.3 is 5.97 Å². The summed E-state index contributed by atoms with van der Waals surface area (Å²) in [7, 11) is 0. The minimum atomic E-state index is -1.19. The molecule has 3 rings (SSSR count). The number of rotatable bonds is 9. The Hall–Kier alpha value is -2.50. The molecule has 2 aromatic carbocycles. The van der Waals surface area contributed by atoms with Gasteiger partial charge in [0.05, 0.1) is 0 Å². The van der Waals surface area contributed by atoms with E-state index in [1.54, 1.807) is 0 Å². The van der Waals surface area contributed by atoms with Crippen molar-refractivity contribution in [3.05, 3.63) is 71.8 Å². The van der Waals surface area contributed by atoms with Crippen molar-refractivity contribution in [2.75, 3.05) is 6.54 Å². The number of nitrogens with one attached hydrogen (secondary N) is 1. The van der Waals surface area contributed by atoms with Crippen LogP contribution in [0.5, 0.6) is 0 Å². The Morgan fingerprint density at radius 1 is 1.00 bits per heavy atom. The van der Waals surface area contributed by atoms with E-state index in [0.717, 1.165) is 12.0 Å². The summed E-state index contributed by atoms with van der Waals surface area (Å²) >= 11 is 0. The van der Waals surface area contributed by atoms with E-state index in [2.05, 4.69) is 17.4 Å². The van der Waals surface area contributed by atoms with Crippen LogP contribution in [0.15, 0.2) is 60.7 Å². The van der Waals surface area contributed by atoms with E-state index in [1.165, 1.54) is 5.56 Å². The van der Waals surface area contributed by atoms with Gasteiger partial charge in [0.1, 0.15) is 6.10 Å². The second-order valence-electron chi connectivity index (χ2n) is 8.16. The molecule has 0 aromatic heterocycles. The third kappa shape index (κ3) is 6.51. The molecule has 0 saturated heterocycles. The molecule has 160 valence electrons. The standard InChI is InChI=1S/C25H31NO4/c1-18(16-19-8-4-2-5-9-19)26-17-23(27)25(29)30-22-14-12-21(13-15-22)24(28)20-10-6-3-7-11-20/h2-11,18,21-23,26-27H,12-17H2,1H3. The van der Waals surface area contributed by atoms with Crippen molar-refractivity contribution < 1.29 is 19.4 Å². The molecule has 0 aliphatic heterocycles. The molecule has 5 nitrogen and oxygen atoms in total. The molecule has 2 N–H and O–H groups in total. The van der Waals surface area contributed by atoms with Gasteiger partial charge in [0.25, 0.3) is 0 Å². The van der Waals surface area contributed by atoms with E-state index in [0.29, 0.717) is 25.7 Å². The van der Waals surface area contributed by atoms with Crippen LogP contribution in [-0.2, 0) is 16.0 Å². The molecule has 0 bridgehead atoms. The number of benzene rings is 2. The van der Waals surface area contributed by atoms with Gasteiger partial charge in [-0.1, -0.05) is 60.7 Å². The van der Waals surface area contributed by atoms with Gasteiger partial charge in [-0.05, 0) is 44.6 Å². The summed E-state index contributed by atoms with van der Waals surface area (Å²) in [6.45, 7) is 2.19. The van der Waals surface area contributed by atoms with E-state index < -0.39 is 12.1 Å². The van der Waals surface area contributed by atoms with Crippen molar-refractivity contribution in [3.8, 4) is 0 Å². The van der Waals surface area contributed by atoms with Gasteiger partial charge in [-0.15, -0.1) is 0 Å². The summed E-state index contributed by atoms with van der Waals surface area (Å²) in [5, 5.41) is 13.4. The zero-order chi connectivity index (χ0) is 21.3. The molecule has 2 atom stereocenters. The highest BCUT2D eigenvalue weighted by Gasteiger charge is 2.30. The smallest absolute Gasteiger partial charge is 0.336 e. The van der Waals surface area contributed by atoms with Crippen molar-refractivity contribution in [1.29, 1.82) is 0 Å². The largest absolute Gasteiger partial charge is 0.460 e. The predicted molar refractivity (Wildman–Crippen MR) is 116 cm³/mol. The third-order valence-corrected chi connectivity index (χ3v) is 5.70. The maximum atomic E-state index is 12.6. The Labute approximate surface area is 178 Å². The van der Waals surface area contributed by atoms with E-state index in [-0.39, 0.29) is 30.4 Å². The number of esters is 1. The summed E-state index contributed by atoms with van der Waals surface area (Å²) in [6.07, 6.45) is 2.12. The molecule has 0 amide bonds. The number of ether oxygens (including phenoxy) is 1. The second kappa shape index (κ2) is 11.0. The molecule has 0 spiro atoms. The highest BCUT2D eigenvalue weighted by atomic mass is 16.6. The van der Waals surface area contributed by atoms with Crippen molar-refractivity contribution >= 4 is 11.8 Å². The molecule has 1 aliphatic rings. The molecule has 0 heterocycles. The van der Waals surface area contributed by atoms with E-state index >= 15 is 0 Å². The van der Waals surface area contributed by atoms with Crippen LogP contribution in [0.3, 0.4) is 0 Å². The normalized spacial score (nSPS) is 20.9. The van der Waals surface area contributed by atoms with Crippen molar-refractivity contribution in [1.82, 2.24) is 5.32 Å². The van der Waals surface area contributed by atoms with Gasteiger partial charge in [-0.25, -0.2) is 4.79 Å². The third-order valence-electron chi connectivity index (χ3n) is 5.70. The van der Waals surface area contributed by atoms with Crippen LogP contribution in [0.1, 0.15) is 48.5 Å². The lowest BCUT2D eigenvalue weighted by Crippen LogP contribution is -2.41. The van der Waals surface area contributed by atoms with E-state index in [9.17, 15) is 14.7 Å². The molecule has 2 aromatic rings. The summed E-state index contributed by atoms with van der Waals surface area (Å²) in [5.41, 5.74) is 1.94. The zero-order valence-corrected chi connectivity index (χ0v) is 17.5. The van der Waals surface area contributed by atoms with Crippen LogP contribution >= 0.6 is 0 Å². The van der Waals surface area contributed by atoms with Crippen LogP contribution in [0.25, 0.3) is 0 Å². The van der Waals surface area contributed by atoms with Gasteiger partial charge in [0, 0.05) is 24.1 Å². The first-order valence-corrected chi connectivity index (χ1v) is 10.8. The first-order chi connectivity index (χ1) is 14.5. The molecule has 2 unspecified atom stereocenters. The Balaban J connectivity index is 1.37. The van der Waals surface area contributed by atoms with Gasteiger partial charge in [-0.3, -0.25) is 4.79 Å². The van der Waals surface area contributed by atoms with Crippen LogP contribution in [0, 0.1) is 5.92 Å². The lowest BCUT2D eigenvalue weighted by molar-refractivity contribution is -0.160. The Kier molecular flexibility index (Phi) is 8.17. The molecule has 1 fully saturated rings. The Morgan fingerprint density at radius 3 is 2.23 bits per heavy atom. The summed E-state index contributed by atoms with van der Waals surface area (Å²) < 4.78 is 5.50. The minimum Gasteiger partial charge on any atom is -0.460 e. The lowest BCUT2D eigenvalue weighted by atomic mass is 9.82. The highest BCUT2D eigenvalue weighted by Crippen LogP contribution is 2.29. The average Bonchev–Trinajstić information content (AvgIpc) is 2.78.